The molecule has 0 saturated heterocycles. The monoisotopic (exact) mass is 410 g/mol. The number of aromatic nitrogens is 3. The zero-order chi connectivity index (χ0) is 21.1. The fourth-order valence-corrected chi connectivity index (χ4v) is 2.92. The Kier molecular flexibility index (Phi) is 5.25. The summed E-state index contributed by atoms with van der Waals surface area (Å²) in [6.07, 6.45) is 1.68. The lowest BCUT2D eigenvalue weighted by Gasteiger charge is -2.08. The van der Waals surface area contributed by atoms with Gasteiger partial charge in [0.2, 0.25) is 11.7 Å². The van der Waals surface area contributed by atoms with Crippen LogP contribution in [0.1, 0.15) is 0 Å². The van der Waals surface area contributed by atoms with E-state index in [1.807, 2.05) is 0 Å². The fourth-order valence-electron chi connectivity index (χ4n) is 2.92. The quantitative estimate of drug-likeness (QED) is 0.517. The van der Waals surface area contributed by atoms with Gasteiger partial charge in [-0.05, 0) is 48.5 Å². The molecular formula is C21H16F2N4O3. The zero-order valence-electron chi connectivity index (χ0n) is 15.8. The molecule has 0 bridgehead atoms. The van der Waals surface area contributed by atoms with Crippen molar-refractivity contribution in [3.8, 4) is 28.7 Å². The number of nitrogens with zero attached hydrogens (tertiary/aromatic N) is 3. The lowest BCUT2D eigenvalue weighted by Crippen LogP contribution is -2.18. The van der Waals surface area contributed by atoms with Crippen LogP contribution in [-0.2, 0) is 11.3 Å². The van der Waals surface area contributed by atoms with Crippen molar-refractivity contribution >= 4 is 11.6 Å². The van der Waals surface area contributed by atoms with Crippen LogP contribution in [0, 0.1) is 11.6 Å². The van der Waals surface area contributed by atoms with Crippen LogP contribution < -0.4 is 10.1 Å². The lowest BCUT2D eigenvalue weighted by molar-refractivity contribution is -0.116. The van der Waals surface area contributed by atoms with E-state index in [2.05, 4.69) is 15.5 Å². The number of benzene rings is 2. The number of halogens is 2. The van der Waals surface area contributed by atoms with Gasteiger partial charge in [0.1, 0.15) is 18.1 Å². The summed E-state index contributed by atoms with van der Waals surface area (Å²) in [5.41, 5.74) is 1.29. The number of anilines is 1. The maximum Gasteiger partial charge on any atom is 0.274 e. The second-order valence-corrected chi connectivity index (χ2v) is 6.35. The summed E-state index contributed by atoms with van der Waals surface area (Å²) in [4.78, 5) is 16.6. The van der Waals surface area contributed by atoms with E-state index in [1.54, 1.807) is 35.0 Å². The van der Waals surface area contributed by atoms with E-state index >= 15 is 0 Å². The Morgan fingerprint density at radius 3 is 2.80 bits per heavy atom. The van der Waals surface area contributed by atoms with Crippen LogP contribution in [0.3, 0.4) is 0 Å². The molecule has 152 valence electrons. The van der Waals surface area contributed by atoms with Crippen molar-refractivity contribution in [2.45, 2.75) is 6.54 Å². The van der Waals surface area contributed by atoms with Gasteiger partial charge in [0.25, 0.3) is 5.89 Å². The Morgan fingerprint density at radius 1 is 1.17 bits per heavy atom. The molecule has 0 aliphatic rings. The third-order valence-electron chi connectivity index (χ3n) is 4.31. The molecule has 0 aliphatic carbocycles. The van der Waals surface area contributed by atoms with Gasteiger partial charge in [0.15, 0.2) is 11.6 Å². The molecular weight excluding hydrogens is 394 g/mol. The Hall–Kier alpha value is -4.01. The van der Waals surface area contributed by atoms with Crippen LogP contribution >= 0.6 is 0 Å². The van der Waals surface area contributed by atoms with E-state index in [1.165, 1.54) is 37.4 Å². The first-order valence-corrected chi connectivity index (χ1v) is 8.92. The number of hydrogen-bond acceptors (Lipinski definition) is 5. The largest absolute Gasteiger partial charge is 0.494 e. The van der Waals surface area contributed by atoms with Crippen LogP contribution in [0.25, 0.3) is 23.0 Å². The number of methoxy groups -OCH3 is 1. The Labute approximate surface area is 169 Å². The highest BCUT2D eigenvalue weighted by Crippen LogP contribution is 2.26. The summed E-state index contributed by atoms with van der Waals surface area (Å²) in [6, 6.07) is 13.4. The van der Waals surface area contributed by atoms with Gasteiger partial charge < -0.3 is 19.1 Å². The molecule has 4 rings (SSSR count). The SMILES string of the molecule is COc1ccc(-c2noc(-c3cccn3CC(=O)Nc3cccc(F)c3)n2)cc1F. The predicted molar refractivity (Wildman–Crippen MR) is 105 cm³/mol. The van der Waals surface area contributed by atoms with Crippen molar-refractivity contribution in [3.05, 3.63) is 72.4 Å². The minimum atomic E-state index is -0.543. The van der Waals surface area contributed by atoms with E-state index in [0.29, 0.717) is 16.9 Å². The smallest absolute Gasteiger partial charge is 0.274 e. The fraction of sp³-hybridized carbons (Fsp3) is 0.0952. The number of hydrogen-bond donors (Lipinski definition) is 1. The molecule has 1 N–H and O–H groups in total. The minimum absolute atomic E-state index is 0.0479. The number of rotatable bonds is 6. The van der Waals surface area contributed by atoms with E-state index in [-0.39, 0.29) is 29.9 Å². The van der Waals surface area contributed by atoms with Crippen molar-refractivity contribution < 1.29 is 22.8 Å². The van der Waals surface area contributed by atoms with Crippen LogP contribution in [0.4, 0.5) is 14.5 Å². The van der Waals surface area contributed by atoms with Crippen LogP contribution in [0.2, 0.25) is 0 Å². The second kappa shape index (κ2) is 8.16. The molecule has 4 aromatic rings. The van der Waals surface area contributed by atoms with Gasteiger partial charge in [0, 0.05) is 17.4 Å². The van der Waals surface area contributed by atoms with Gasteiger partial charge in [-0.15, -0.1) is 0 Å². The van der Waals surface area contributed by atoms with Crippen LogP contribution in [0.5, 0.6) is 5.75 Å². The van der Waals surface area contributed by atoms with E-state index in [9.17, 15) is 13.6 Å². The molecule has 0 spiro atoms. The number of nitrogens with one attached hydrogen (secondary N) is 1. The first-order chi connectivity index (χ1) is 14.5. The molecule has 1 amide bonds. The molecule has 9 heteroatoms. The van der Waals surface area contributed by atoms with Gasteiger partial charge in [-0.3, -0.25) is 4.79 Å². The number of carbonyl (C=O) groups excluding carboxylic acids is 1. The normalized spacial score (nSPS) is 10.8. The summed E-state index contributed by atoms with van der Waals surface area (Å²) < 4.78 is 39.0. The minimum Gasteiger partial charge on any atom is -0.494 e. The number of amides is 1. The molecule has 7 nitrogen and oxygen atoms in total. The average Bonchev–Trinajstić information content (AvgIpc) is 3.37. The standard InChI is InChI=1S/C21H16F2N4O3/c1-29-18-8-7-13(10-16(18)23)20-25-21(30-26-20)17-6-3-9-27(17)12-19(28)24-15-5-2-4-14(22)11-15/h2-11H,12H2,1H3,(H,24,28). The van der Waals surface area contributed by atoms with E-state index < -0.39 is 11.6 Å². The summed E-state index contributed by atoms with van der Waals surface area (Å²) in [5.74, 6) is -0.856. The highest BCUT2D eigenvalue weighted by molar-refractivity contribution is 5.90. The van der Waals surface area contributed by atoms with Crippen molar-refractivity contribution in [1.82, 2.24) is 14.7 Å². The molecule has 2 aromatic carbocycles. The maximum atomic E-state index is 13.9. The summed E-state index contributed by atoms with van der Waals surface area (Å²) in [7, 11) is 1.38. The molecule has 2 aromatic heterocycles. The third-order valence-corrected chi connectivity index (χ3v) is 4.31. The summed E-state index contributed by atoms with van der Waals surface area (Å²) in [5, 5.41) is 6.52. The Balaban J connectivity index is 1.52. The highest BCUT2D eigenvalue weighted by Gasteiger charge is 2.16. The van der Waals surface area contributed by atoms with Gasteiger partial charge in [-0.1, -0.05) is 11.2 Å². The van der Waals surface area contributed by atoms with Gasteiger partial charge in [-0.25, -0.2) is 8.78 Å². The molecule has 0 fully saturated rings. The van der Waals surface area contributed by atoms with Crippen molar-refractivity contribution in [2.75, 3.05) is 12.4 Å². The molecule has 0 saturated carbocycles. The van der Waals surface area contributed by atoms with E-state index in [0.717, 1.165) is 0 Å². The molecule has 0 aliphatic heterocycles. The molecule has 0 radical (unpaired) electrons. The van der Waals surface area contributed by atoms with Gasteiger partial charge >= 0.3 is 0 Å². The van der Waals surface area contributed by atoms with Crippen LogP contribution in [0.15, 0.2) is 65.3 Å². The molecule has 2 heterocycles. The van der Waals surface area contributed by atoms with Crippen molar-refractivity contribution in [1.29, 1.82) is 0 Å². The lowest BCUT2D eigenvalue weighted by atomic mass is 10.2. The summed E-state index contributed by atoms with van der Waals surface area (Å²) in [6.45, 7) is -0.0479. The first-order valence-electron chi connectivity index (χ1n) is 8.92. The van der Waals surface area contributed by atoms with Crippen molar-refractivity contribution in [3.63, 3.8) is 0 Å². The van der Waals surface area contributed by atoms with Crippen molar-refractivity contribution in [2.24, 2.45) is 0 Å². The van der Waals surface area contributed by atoms with Gasteiger partial charge in [-0.2, -0.15) is 4.98 Å². The number of ether oxygens (including phenoxy) is 1. The topological polar surface area (TPSA) is 82.2 Å². The van der Waals surface area contributed by atoms with Crippen LogP contribution in [-0.4, -0.2) is 27.7 Å². The highest BCUT2D eigenvalue weighted by atomic mass is 19.1. The average molecular weight is 410 g/mol. The molecule has 30 heavy (non-hydrogen) atoms. The second-order valence-electron chi connectivity index (χ2n) is 6.35. The predicted octanol–water partition coefficient (Wildman–Crippen LogP) is 4.13. The molecule has 0 atom stereocenters. The molecule has 0 unspecified atom stereocenters. The Morgan fingerprint density at radius 2 is 2.03 bits per heavy atom. The van der Waals surface area contributed by atoms with E-state index in [4.69, 9.17) is 9.26 Å². The Bertz CT molecular complexity index is 1200. The maximum absolute atomic E-state index is 13.9. The summed E-state index contributed by atoms with van der Waals surface area (Å²) >= 11 is 0. The van der Waals surface area contributed by atoms with Gasteiger partial charge in [0.05, 0.1) is 7.11 Å². The first kappa shape index (κ1) is 19.3. The zero-order valence-corrected chi connectivity index (χ0v) is 15.8. The number of carbonyl (C=O) groups is 1. The third kappa shape index (κ3) is 4.04.